The average Bonchev–Trinajstić information content (AvgIpc) is 2.77. The number of sulfonamides is 1. The van der Waals surface area contributed by atoms with Crippen molar-refractivity contribution < 1.29 is 13.2 Å². The molecule has 166 valence electrons. The van der Waals surface area contributed by atoms with Crippen molar-refractivity contribution in [1.82, 2.24) is 10.2 Å². The fourth-order valence-corrected chi connectivity index (χ4v) is 3.99. The monoisotopic (exact) mass is 449 g/mol. The first-order valence-electron chi connectivity index (χ1n) is 10.2. The van der Waals surface area contributed by atoms with Gasteiger partial charge in [0.1, 0.15) is 0 Å². The van der Waals surface area contributed by atoms with Crippen LogP contribution in [0.1, 0.15) is 27.0 Å². The van der Waals surface area contributed by atoms with E-state index in [0.29, 0.717) is 17.8 Å². The second kappa shape index (κ2) is 10.7. The Morgan fingerprint density at radius 2 is 1.50 bits per heavy atom. The Bertz CT molecular complexity index is 1170. The Kier molecular flexibility index (Phi) is 7.81. The van der Waals surface area contributed by atoms with Crippen LogP contribution in [0.4, 0.5) is 5.69 Å². The van der Waals surface area contributed by atoms with Crippen LogP contribution in [0.2, 0.25) is 0 Å². The highest BCUT2D eigenvalue weighted by Gasteiger charge is 2.10. The number of benzene rings is 3. The summed E-state index contributed by atoms with van der Waals surface area (Å²) in [6.07, 6.45) is 1.53. The molecule has 7 heteroatoms. The van der Waals surface area contributed by atoms with Crippen molar-refractivity contribution >= 4 is 27.7 Å². The zero-order valence-corrected chi connectivity index (χ0v) is 19.0. The Balaban J connectivity index is 1.59. The van der Waals surface area contributed by atoms with Gasteiger partial charge in [-0.2, -0.15) is 0 Å². The van der Waals surface area contributed by atoms with Crippen LogP contribution in [0.25, 0.3) is 6.08 Å². The lowest BCUT2D eigenvalue weighted by Gasteiger charge is -2.14. The van der Waals surface area contributed by atoms with Gasteiger partial charge < -0.3 is 10.2 Å². The first-order chi connectivity index (χ1) is 15.3. The predicted octanol–water partition coefficient (Wildman–Crippen LogP) is 4.09. The minimum atomic E-state index is -3.66. The summed E-state index contributed by atoms with van der Waals surface area (Å²) >= 11 is 0. The van der Waals surface area contributed by atoms with E-state index >= 15 is 0 Å². The van der Waals surface area contributed by atoms with Crippen LogP contribution in [0.3, 0.4) is 0 Å². The highest BCUT2D eigenvalue weighted by molar-refractivity contribution is 7.95. The molecule has 0 bridgehead atoms. The maximum atomic E-state index is 12.5. The molecule has 3 rings (SSSR count). The summed E-state index contributed by atoms with van der Waals surface area (Å²) in [6, 6.07) is 23.5. The highest BCUT2D eigenvalue weighted by Crippen LogP contribution is 2.14. The van der Waals surface area contributed by atoms with Crippen molar-refractivity contribution in [3.8, 4) is 0 Å². The summed E-state index contributed by atoms with van der Waals surface area (Å²) < 4.78 is 27.0. The second-order valence-corrected chi connectivity index (χ2v) is 9.19. The van der Waals surface area contributed by atoms with E-state index in [1.165, 1.54) is 6.08 Å². The topological polar surface area (TPSA) is 78.5 Å². The fourth-order valence-electron chi connectivity index (χ4n) is 3.12. The summed E-state index contributed by atoms with van der Waals surface area (Å²) in [5.41, 5.74) is 3.85. The van der Waals surface area contributed by atoms with Crippen LogP contribution >= 0.6 is 0 Å². The zero-order valence-electron chi connectivity index (χ0n) is 18.2. The molecule has 0 aliphatic carbocycles. The van der Waals surface area contributed by atoms with Crippen LogP contribution < -0.4 is 10.0 Å². The average molecular weight is 450 g/mol. The Labute approximate surface area is 189 Å². The van der Waals surface area contributed by atoms with Crippen LogP contribution in [0, 0.1) is 0 Å². The Hall–Kier alpha value is -3.42. The number of hydrogen-bond acceptors (Lipinski definition) is 4. The van der Waals surface area contributed by atoms with Gasteiger partial charge in [0.25, 0.3) is 15.9 Å². The standard InChI is InChI=1S/C25H27N3O3S/c1-28(2)19-23-11-7-6-10-22(23)18-26-25(29)21-12-14-24(15-13-21)27-32(30,31)17-16-20-8-4-3-5-9-20/h3-17,27H,18-19H2,1-2H3,(H,26,29)/b17-16-. The zero-order chi connectivity index (χ0) is 23.0. The minimum Gasteiger partial charge on any atom is -0.348 e. The van der Waals surface area contributed by atoms with Crippen molar-refractivity contribution in [2.24, 2.45) is 0 Å². The minimum absolute atomic E-state index is 0.219. The fraction of sp³-hybridized carbons (Fsp3) is 0.160. The Morgan fingerprint density at radius 3 is 2.16 bits per heavy atom. The lowest BCUT2D eigenvalue weighted by Crippen LogP contribution is -2.24. The summed E-state index contributed by atoms with van der Waals surface area (Å²) in [7, 11) is 0.343. The summed E-state index contributed by atoms with van der Waals surface area (Å²) in [5, 5.41) is 4.05. The normalized spacial score (nSPS) is 11.6. The van der Waals surface area contributed by atoms with Gasteiger partial charge >= 0.3 is 0 Å². The number of hydrogen-bond donors (Lipinski definition) is 2. The van der Waals surface area contributed by atoms with E-state index in [0.717, 1.165) is 28.6 Å². The number of rotatable bonds is 9. The third-order valence-electron chi connectivity index (χ3n) is 4.69. The number of nitrogens with one attached hydrogen (secondary N) is 2. The number of carbonyl (C=O) groups is 1. The molecule has 6 nitrogen and oxygen atoms in total. The molecule has 0 radical (unpaired) electrons. The van der Waals surface area contributed by atoms with E-state index in [-0.39, 0.29) is 5.91 Å². The van der Waals surface area contributed by atoms with Gasteiger partial charge in [-0.25, -0.2) is 8.42 Å². The Morgan fingerprint density at radius 1 is 0.875 bits per heavy atom. The lowest BCUT2D eigenvalue weighted by molar-refractivity contribution is 0.0951. The highest BCUT2D eigenvalue weighted by atomic mass is 32.2. The molecule has 0 saturated carbocycles. The van der Waals surface area contributed by atoms with Crippen molar-refractivity contribution in [3.63, 3.8) is 0 Å². The van der Waals surface area contributed by atoms with Gasteiger partial charge in [0.05, 0.1) is 5.41 Å². The molecule has 32 heavy (non-hydrogen) atoms. The van der Waals surface area contributed by atoms with Gasteiger partial charge in [0, 0.05) is 24.3 Å². The number of nitrogens with zero attached hydrogens (tertiary/aromatic N) is 1. The number of anilines is 1. The first-order valence-corrected chi connectivity index (χ1v) is 11.7. The molecule has 3 aromatic carbocycles. The van der Waals surface area contributed by atoms with Gasteiger partial charge in [-0.1, -0.05) is 54.6 Å². The van der Waals surface area contributed by atoms with E-state index < -0.39 is 10.0 Å². The lowest BCUT2D eigenvalue weighted by atomic mass is 10.1. The summed E-state index contributed by atoms with van der Waals surface area (Å²) in [6.45, 7) is 1.21. The molecule has 0 fully saturated rings. The number of amides is 1. The van der Waals surface area contributed by atoms with E-state index in [2.05, 4.69) is 21.0 Å². The molecule has 2 N–H and O–H groups in total. The predicted molar refractivity (Wildman–Crippen MR) is 129 cm³/mol. The van der Waals surface area contributed by atoms with Gasteiger partial charge in [0.15, 0.2) is 0 Å². The third-order valence-corrected chi connectivity index (χ3v) is 5.71. The first kappa shape index (κ1) is 23.2. The maximum absolute atomic E-state index is 12.5. The van der Waals surface area contributed by atoms with Crippen LogP contribution in [0.15, 0.2) is 84.3 Å². The van der Waals surface area contributed by atoms with E-state index in [1.54, 1.807) is 24.3 Å². The molecule has 3 aromatic rings. The van der Waals surface area contributed by atoms with Gasteiger partial charge in [-0.15, -0.1) is 0 Å². The molecule has 0 aliphatic heterocycles. The largest absolute Gasteiger partial charge is 0.348 e. The molecule has 0 heterocycles. The van der Waals surface area contributed by atoms with Crippen LogP contribution in [-0.2, 0) is 23.1 Å². The van der Waals surface area contributed by atoms with Gasteiger partial charge in [-0.3, -0.25) is 9.52 Å². The van der Waals surface area contributed by atoms with Crippen molar-refractivity contribution in [2.45, 2.75) is 13.1 Å². The molecular formula is C25H27N3O3S. The molecule has 0 unspecified atom stereocenters. The quantitative estimate of drug-likeness (QED) is 0.516. The summed E-state index contributed by atoms with van der Waals surface area (Å²) in [4.78, 5) is 14.6. The van der Waals surface area contributed by atoms with E-state index in [1.807, 2.05) is 62.6 Å². The second-order valence-electron chi connectivity index (χ2n) is 7.63. The molecule has 0 aromatic heterocycles. The maximum Gasteiger partial charge on any atom is 0.255 e. The van der Waals surface area contributed by atoms with E-state index in [4.69, 9.17) is 0 Å². The molecular weight excluding hydrogens is 422 g/mol. The SMILES string of the molecule is CN(C)Cc1ccccc1CNC(=O)c1ccc(NS(=O)(=O)/C=C\c2ccccc2)cc1. The summed E-state index contributed by atoms with van der Waals surface area (Å²) in [5.74, 6) is -0.219. The van der Waals surface area contributed by atoms with Crippen molar-refractivity contribution in [1.29, 1.82) is 0 Å². The van der Waals surface area contributed by atoms with Crippen LogP contribution in [-0.4, -0.2) is 33.3 Å². The van der Waals surface area contributed by atoms with E-state index in [9.17, 15) is 13.2 Å². The molecule has 0 atom stereocenters. The van der Waals surface area contributed by atoms with Crippen molar-refractivity contribution in [3.05, 3.63) is 107 Å². The smallest absolute Gasteiger partial charge is 0.255 e. The van der Waals surface area contributed by atoms with Gasteiger partial charge in [0.2, 0.25) is 0 Å². The molecule has 0 spiro atoms. The molecule has 0 saturated heterocycles. The van der Waals surface area contributed by atoms with Crippen molar-refractivity contribution in [2.75, 3.05) is 18.8 Å². The molecule has 0 aliphatic rings. The van der Waals surface area contributed by atoms with Gasteiger partial charge in [-0.05, 0) is 61.1 Å². The van der Waals surface area contributed by atoms with Crippen LogP contribution in [0.5, 0.6) is 0 Å². The molecule has 1 amide bonds. The number of carbonyl (C=O) groups excluding carboxylic acids is 1. The third kappa shape index (κ3) is 7.08.